The van der Waals surface area contributed by atoms with Crippen molar-refractivity contribution in [2.75, 3.05) is 0 Å². The summed E-state index contributed by atoms with van der Waals surface area (Å²) in [6.07, 6.45) is 8.33. The van der Waals surface area contributed by atoms with Crippen LogP contribution in [-0.4, -0.2) is 4.98 Å². The van der Waals surface area contributed by atoms with Crippen molar-refractivity contribution >= 4 is 0 Å². The van der Waals surface area contributed by atoms with E-state index in [4.69, 9.17) is 0 Å². The highest BCUT2D eigenvalue weighted by molar-refractivity contribution is 5.34. The van der Waals surface area contributed by atoms with E-state index in [2.05, 4.69) is 73.2 Å². The molecule has 0 aliphatic rings. The Morgan fingerprint density at radius 2 is 1.89 bits per heavy atom. The van der Waals surface area contributed by atoms with E-state index in [0.29, 0.717) is 5.56 Å². The number of aromatic nitrogens is 1. The summed E-state index contributed by atoms with van der Waals surface area (Å²) in [5, 5.41) is 0. The number of allylic oxidation sites excluding steroid dienone is 4. The van der Waals surface area contributed by atoms with Crippen molar-refractivity contribution in [1.29, 1.82) is 0 Å². The van der Waals surface area contributed by atoms with Crippen LogP contribution in [-0.2, 0) is 6.42 Å². The van der Waals surface area contributed by atoms with Gasteiger partial charge in [0.2, 0.25) is 0 Å². The maximum Gasteiger partial charge on any atom is 0.280 e. The lowest BCUT2D eigenvalue weighted by molar-refractivity contribution is 0.146. The van der Waals surface area contributed by atoms with Crippen molar-refractivity contribution in [2.45, 2.75) is 46.5 Å². The summed E-state index contributed by atoms with van der Waals surface area (Å²) in [4.78, 5) is 3.73. The lowest BCUT2D eigenvalue weighted by Gasteiger charge is -2.05. The number of hydrogen-bond acceptors (Lipinski definition) is 1. The van der Waals surface area contributed by atoms with Gasteiger partial charge in [0.15, 0.2) is 0 Å². The smallest absolute Gasteiger partial charge is 0.254 e. The second-order valence-electron chi connectivity index (χ2n) is 6.86. The van der Waals surface area contributed by atoms with Gasteiger partial charge in [-0.3, -0.25) is 4.98 Å². The van der Waals surface area contributed by atoms with Crippen LogP contribution < -0.4 is 0 Å². The van der Waals surface area contributed by atoms with Crippen molar-refractivity contribution in [2.24, 2.45) is 5.92 Å². The molecule has 3 heteroatoms. The highest BCUT2D eigenvalue weighted by Crippen LogP contribution is 2.16. The number of alkyl halides is 2. The van der Waals surface area contributed by atoms with Crippen molar-refractivity contribution in [3.05, 3.63) is 88.8 Å². The van der Waals surface area contributed by atoms with E-state index in [1.54, 1.807) is 6.07 Å². The van der Waals surface area contributed by atoms with E-state index in [9.17, 15) is 8.78 Å². The molecule has 1 atom stereocenters. The van der Waals surface area contributed by atoms with Crippen LogP contribution in [0.1, 0.15) is 55.5 Å². The van der Waals surface area contributed by atoms with Gasteiger partial charge < -0.3 is 0 Å². The summed E-state index contributed by atoms with van der Waals surface area (Å²) in [6, 6.07) is 11.6. The fourth-order valence-electron chi connectivity index (χ4n) is 2.68. The van der Waals surface area contributed by atoms with Crippen LogP contribution in [0.4, 0.5) is 8.78 Å². The molecular weight excluding hydrogens is 352 g/mol. The minimum atomic E-state index is -2.55. The van der Waals surface area contributed by atoms with Gasteiger partial charge in [0, 0.05) is 17.7 Å². The van der Waals surface area contributed by atoms with E-state index in [1.807, 2.05) is 6.92 Å². The first-order valence-corrected chi connectivity index (χ1v) is 9.66. The maximum absolute atomic E-state index is 12.5. The summed E-state index contributed by atoms with van der Waals surface area (Å²) in [6.45, 7) is 6.26. The quantitative estimate of drug-likeness (QED) is 0.379. The third-order valence-corrected chi connectivity index (χ3v) is 4.34. The molecule has 1 heterocycles. The van der Waals surface area contributed by atoms with Gasteiger partial charge in [-0.2, -0.15) is 0 Å². The molecule has 2 rings (SSSR count). The predicted octanol–water partition coefficient (Wildman–Crippen LogP) is 6.84. The molecule has 28 heavy (non-hydrogen) atoms. The zero-order valence-electron chi connectivity index (χ0n) is 16.8. The number of aryl methyl sites for hydroxylation is 2. The summed E-state index contributed by atoms with van der Waals surface area (Å²) >= 11 is 0. The van der Waals surface area contributed by atoms with Crippen molar-refractivity contribution in [1.82, 2.24) is 4.98 Å². The first kappa shape index (κ1) is 21.6. The molecule has 0 aliphatic heterocycles. The van der Waals surface area contributed by atoms with Crippen LogP contribution in [0, 0.1) is 24.7 Å². The highest BCUT2D eigenvalue weighted by atomic mass is 19.3. The van der Waals surface area contributed by atoms with Crippen molar-refractivity contribution < 1.29 is 8.78 Å². The van der Waals surface area contributed by atoms with Gasteiger partial charge in [0.1, 0.15) is 5.69 Å². The molecule has 1 unspecified atom stereocenters. The Hall–Kier alpha value is -2.73. The second-order valence-corrected chi connectivity index (χ2v) is 6.86. The van der Waals surface area contributed by atoms with Crippen LogP contribution in [0.3, 0.4) is 0 Å². The van der Waals surface area contributed by atoms with Crippen LogP contribution in [0.5, 0.6) is 0 Å². The lowest BCUT2D eigenvalue weighted by atomic mass is 10.0. The third kappa shape index (κ3) is 7.48. The molecule has 1 aromatic heterocycles. The van der Waals surface area contributed by atoms with E-state index in [0.717, 1.165) is 19.3 Å². The Labute approximate surface area is 167 Å². The van der Waals surface area contributed by atoms with Gasteiger partial charge >= 0.3 is 0 Å². The number of nitrogens with zero attached hydrogens (tertiary/aromatic N) is 1. The number of hydrogen-bond donors (Lipinski definition) is 0. The van der Waals surface area contributed by atoms with E-state index in [-0.39, 0.29) is 11.6 Å². The molecule has 146 valence electrons. The lowest BCUT2D eigenvalue weighted by Crippen LogP contribution is -1.91. The molecule has 0 bridgehead atoms. The summed E-state index contributed by atoms with van der Waals surface area (Å²) in [7, 11) is 0. The van der Waals surface area contributed by atoms with Gasteiger partial charge in [-0.25, -0.2) is 8.78 Å². The third-order valence-electron chi connectivity index (χ3n) is 4.34. The molecule has 1 aromatic carbocycles. The number of halogens is 2. The summed E-state index contributed by atoms with van der Waals surface area (Å²) in [5.74, 6) is 6.20. The molecule has 0 fully saturated rings. The minimum absolute atomic E-state index is 0.0643. The molecule has 0 saturated carbocycles. The fourth-order valence-corrected chi connectivity index (χ4v) is 2.68. The van der Waals surface area contributed by atoms with Crippen LogP contribution in [0.15, 0.2) is 66.4 Å². The minimum Gasteiger partial charge on any atom is -0.254 e. The first-order chi connectivity index (χ1) is 13.5. The molecular formula is C25H27F2N. The Bertz CT molecular complexity index is 850. The molecule has 0 radical (unpaired) electrons. The van der Waals surface area contributed by atoms with Crippen LogP contribution >= 0.6 is 0 Å². The second kappa shape index (κ2) is 11.2. The summed E-state index contributed by atoms with van der Waals surface area (Å²) < 4.78 is 25.1. The van der Waals surface area contributed by atoms with Gasteiger partial charge in [-0.15, -0.1) is 0 Å². The van der Waals surface area contributed by atoms with Gasteiger partial charge in [-0.05, 0) is 50.8 Å². The molecule has 0 amide bonds. The normalized spacial score (nSPS) is 12.9. The molecule has 0 saturated heterocycles. The Kier molecular flexibility index (Phi) is 8.62. The monoisotopic (exact) mass is 379 g/mol. The van der Waals surface area contributed by atoms with Crippen molar-refractivity contribution in [3.8, 4) is 11.8 Å². The summed E-state index contributed by atoms with van der Waals surface area (Å²) in [5.41, 5.74) is 4.35. The SMILES string of the molecule is CC/C=C(\C=C/C(C)C#Cc1ccc(C(F)F)nc1)CCc1ccc(C)cc1. The zero-order valence-corrected chi connectivity index (χ0v) is 16.8. The van der Waals surface area contributed by atoms with E-state index >= 15 is 0 Å². The molecule has 0 aliphatic carbocycles. The Morgan fingerprint density at radius 3 is 2.50 bits per heavy atom. The van der Waals surface area contributed by atoms with Crippen molar-refractivity contribution in [3.63, 3.8) is 0 Å². The molecule has 1 nitrogen and oxygen atoms in total. The largest absolute Gasteiger partial charge is 0.280 e. The first-order valence-electron chi connectivity index (χ1n) is 9.66. The molecule has 0 N–H and O–H groups in total. The fraction of sp³-hybridized carbons (Fsp3) is 0.320. The number of benzene rings is 1. The molecule has 2 aromatic rings. The zero-order chi connectivity index (χ0) is 20.4. The Morgan fingerprint density at radius 1 is 1.14 bits per heavy atom. The van der Waals surface area contributed by atoms with Gasteiger partial charge in [-0.1, -0.05) is 72.4 Å². The standard InChI is InChI=1S/C25H27F2N/c1-4-5-21(14-15-22-11-7-19(2)8-12-22)10-6-20(3)9-13-23-16-17-24(25(26)27)28-18-23/h5-8,10-12,16-18,20,25H,4,14-15H2,1-3H3/b10-6-,21-5+. The van der Waals surface area contributed by atoms with Crippen LogP contribution in [0.25, 0.3) is 0 Å². The number of rotatable bonds is 7. The Balaban J connectivity index is 1.94. The van der Waals surface area contributed by atoms with Crippen LogP contribution in [0.2, 0.25) is 0 Å². The van der Waals surface area contributed by atoms with Gasteiger partial charge in [0.05, 0.1) is 0 Å². The van der Waals surface area contributed by atoms with E-state index in [1.165, 1.54) is 29.0 Å². The van der Waals surface area contributed by atoms with Gasteiger partial charge in [0.25, 0.3) is 6.43 Å². The average Bonchev–Trinajstić information content (AvgIpc) is 2.70. The maximum atomic E-state index is 12.5. The average molecular weight is 379 g/mol. The topological polar surface area (TPSA) is 12.9 Å². The molecule has 0 spiro atoms. The predicted molar refractivity (Wildman–Crippen MR) is 112 cm³/mol. The van der Waals surface area contributed by atoms with E-state index < -0.39 is 6.43 Å². The highest BCUT2D eigenvalue weighted by Gasteiger charge is 2.06. The number of pyridine rings is 1.